The highest BCUT2D eigenvalue weighted by Crippen LogP contribution is 2.57. The van der Waals surface area contributed by atoms with E-state index >= 15 is 0 Å². The first kappa shape index (κ1) is 12.9. The molecule has 1 unspecified atom stereocenters. The van der Waals surface area contributed by atoms with Gasteiger partial charge in [-0.25, -0.2) is 10.3 Å². The molecule has 3 nitrogen and oxygen atoms in total. The first-order chi connectivity index (χ1) is 10.2. The summed E-state index contributed by atoms with van der Waals surface area (Å²) in [4.78, 5) is 17.4. The van der Waals surface area contributed by atoms with Gasteiger partial charge in [0.05, 0.1) is 5.56 Å². The van der Waals surface area contributed by atoms with Crippen LogP contribution in [0, 0.1) is 23.7 Å². The summed E-state index contributed by atoms with van der Waals surface area (Å²) in [5.74, 6) is 2.75. The van der Waals surface area contributed by atoms with Crippen LogP contribution in [-0.4, -0.2) is 5.97 Å². The van der Waals surface area contributed by atoms with Crippen molar-refractivity contribution in [3.05, 3.63) is 47.2 Å². The van der Waals surface area contributed by atoms with Crippen molar-refractivity contribution in [2.75, 3.05) is 0 Å². The van der Waals surface area contributed by atoms with Crippen molar-refractivity contribution in [3.8, 4) is 0 Å². The van der Waals surface area contributed by atoms with Crippen LogP contribution in [0.5, 0.6) is 0 Å². The number of fused-ring (bicyclic) bond motifs is 1. The number of hydrogen-bond acceptors (Lipinski definition) is 3. The second-order valence-corrected chi connectivity index (χ2v) is 6.84. The molecule has 0 radical (unpaired) electrons. The fourth-order valence-electron chi connectivity index (χ4n) is 4.76. The summed E-state index contributed by atoms with van der Waals surface area (Å²) in [6.07, 6.45) is 5.07. The predicted octanol–water partition coefficient (Wildman–Crippen LogP) is 3.69. The molecule has 0 amide bonds. The molecular weight excluding hydrogens is 262 g/mol. The van der Waals surface area contributed by atoms with Crippen LogP contribution in [-0.2, 0) is 4.84 Å². The van der Waals surface area contributed by atoms with E-state index in [1.54, 1.807) is 12.1 Å². The summed E-state index contributed by atoms with van der Waals surface area (Å²) in [5, 5.41) is 0. The van der Waals surface area contributed by atoms with Crippen LogP contribution in [0.4, 0.5) is 0 Å². The maximum atomic E-state index is 12.0. The van der Waals surface area contributed by atoms with Gasteiger partial charge in [0.25, 0.3) is 0 Å². The number of carbonyl (C=O) groups excluding carboxylic acids is 1. The first-order valence-corrected chi connectivity index (χ1v) is 7.97. The third kappa shape index (κ3) is 2.15. The summed E-state index contributed by atoms with van der Waals surface area (Å²) in [6.45, 7) is 2.31. The number of nitrogens with one attached hydrogen (secondary N) is 1. The average molecular weight is 283 g/mol. The average Bonchev–Trinajstić information content (AvgIpc) is 2.97. The van der Waals surface area contributed by atoms with Gasteiger partial charge in [0.1, 0.15) is 0 Å². The van der Waals surface area contributed by atoms with Gasteiger partial charge in [0.15, 0.2) is 0 Å². The maximum Gasteiger partial charge on any atom is 0.362 e. The second-order valence-electron chi connectivity index (χ2n) is 6.84. The van der Waals surface area contributed by atoms with Gasteiger partial charge in [-0.2, -0.15) is 0 Å². The van der Waals surface area contributed by atoms with Crippen LogP contribution in [0.2, 0.25) is 0 Å². The number of carbonyl (C=O) groups is 1. The topological polar surface area (TPSA) is 38.3 Å². The molecule has 1 aromatic rings. The zero-order chi connectivity index (χ0) is 14.4. The fraction of sp³-hybridized carbons (Fsp3) is 0.500. The molecule has 0 heterocycles. The molecule has 1 N–H and O–H groups in total. The SMILES string of the molecule is C[C@@H]1C[C@H]2C[C@@H]3CC(NOC(=O)c4ccccc4)=C1C2C3. The highest BCUT2D eigenvalue weighted by Gasteiger charge is 2.48. The van der Waals surface area contributed by atoms with Gasteiger partial charge in [0.2, 0.25) is 0 Å². The number of rotatable bonds is 3. The standard InChI is InChI=1S/C18H21NO2/c1-11-7-14-8-12-9-15(14)17(11)16(10-12)19-21-18(20)13-5-3-2-4-6-13/h2-6,11-12,14-15,19H,7-10H2,1H3/t11-,12+,14+,15?/m1/s1. The Morgan fingerprint density at radius 3 is 2.81 bits per heavy atom. The molecule has 3 aliphatic carbocycles. The number of hydroxylamine groups is 1. The lowest BCUT2D eigenvalue weighted by Gasteiger charge is -2.27. The third-order valence-electron chi connectivity index (χ3n) is 5.50. The summed E-state index contributed by atoms with van der Waals surface area (Å²) in [6, 6.07) is 9.15. The molecule has 21 heavy (non-hydrogen) atoms. The largest absolute Gasteiger partial charge is 0.362 e. The Morgan fingerprint density at radius 1 is 1.19 bits per heavy atom. The smallest absolute Gasteiger partial charge is 0.338 e. The highest BCUT2D eigenvalue weighted by atomic mass is 16.7. The molecule has 0 saturated heterocycles. The van der Waals surface area contributed by atoms with Gasteiger partial charge in [-0.05, 0) is 67.1 Å². The third-order valence-corrected chi connectivity index (χ3v) is 5.50. The van der Waals surface area contributed by atoms with Gasteiger partial charge in [0, 0.05) is 5.70 Å². The Hall–Kier alpha value is -1.77. The zero-order valence-corrected chi connectivity index (χ0v) is 12.3. The Balaban J connectivity index is 1.50. The minimum atomic E-state index is -0.302. The summed E-state index contributed by atoms with van der Waals surface area (Å²) in [7, 11) is 0. The Morgan fingerprint density at radius 2 is 2.00 bits per heavy atom. The normalized spacial score (nSPS) is 33.2. The van der Waals surface area contributed by atoms with Gasteiger partial charge in [-0.1, -0.05) is 25.1 Å². The molecule has 0 aromatic heterocycles. The second kappa shape index (κ2) is 4.90. The molecule has 110 valence electrons. The van der Waals surface area contributed by atoms with E-state index in [-0.39, 0.29) is 5.97 Å². The van der Waals surface area contributed by atoms with Crippen molar-refractivity contribution >= 4 is 5.97 Å². The molecule has 3 aliphatic rings. The van der Waals surface area contributed by atoms with E-state index in [0.29, 0.717) is 11.5 Å². The monoisotopic (exact) mass is 283 g/mol. The highest BCUT2D eigenvalue weighted by molar-refractivity contribution is 5.89. The fourth-order valence-corrected chi connectivity index (χ4v) is 4.76. The molecule has 2 bridgehead atoms. The van der Waals surface area contributed by atoms with E-state index in [4.69, 9.17) is 4.84 Å². The summed E-state index contributed by atoms with van der Waals surface area (Å²) in [5.41, 5.74) is 6.32. The quantitative estimate of drug-likeness (QED) is 0.860. The lowest BCUT2D eigenvalue weighted by Crippen LogP contribution is -2.26. The van der Waals surface area contributed by atoms with E-state index in [2.05, 4.69) is 12.4 Å². The molecule has 3 heteroatoms. The van der Waals surface area contributed by atoms with E-state index in [0.717, 1.165) is 24.2 Å². The van der Waals surface area contributed by atoms with Crippen LogP contribution in [0.15, 0.2) is 41.6 Å². The van der Waals surface area contributed by atoms with Gasteiger partial charge in [-0.15, -0.1) is 0 Å². The number of hydrogen-bond donors (Lipinski definition) is 1. The van der Waals surface area contributed by atoms with Gasteiger partial charge in [-0.3, -0.25) is 0 Å². The molecule has 4 atom stereocenters. The van der Waals surface area contributed by atoms with Crippen molar-refractivity contribution in [2.45, 2.75) is 32.6 Å². The van der Waals surface area contributed by atoms with Gasteiger partial charge < -0.3 is 4.84 Å². The molecule has 0 spiro atoms. The van der Waals surface area contributed by atoms with Crippen LogP contribution >= 0.6 is 0 Å². The van der Waals surface area contributed by atoms with Crippen molar-refractivity contribution in [1.29, 1.82) is 0 Å². The molecule has 0 aliphatic heterocycles. The van der Waals surface area contributed by atoms with Crippen molar-refractivity contribution < 1.29 is 9.63 Å². The lowest BCUT2D eigenvalue weighted by atomic mass is 9.84. The number of benzene rings is 1. The summed E-state index contributed by atoms with van der Waals surface area (Å²) < 4.78 is 0. The minimum Gasteiger partial charge on any atom is -0.338 e. The van der Waals surface area contributed by atoms with E-state index in [1.165, 1.54) is 30.5 Å². The van der Waals surface area contributed by atoms with Gasteiger partial charge >= 0.3 is 5.97 Å². The van der Waals surface area contributed by atoms with E-state index < -0.39 is 0 Å². The van der Waals surface area contributed by atoms with Crippen LogP contribution in [0.3, 0.4) is 0 Å². The first-order valence-electron chi connectivity index (χ1n) is 7.97. The molecule has 2 saturated carbocycles. The summed E-state index contributed by atoms with van der Waals surface area (Å²) >= 11 is 0. The van der Waals surface area contributed by atoms with Crippen LogP contribution in [0.25, 0.3) is 0 Å². The molecule has 1 aromatic carbocycles. The zero-order valence-electron chi connectivity index (χ0n) is 12.3. The maximum absolute atomic E-state index is 12.0. The van der Waals surface area contributed by atoms with E-state index in [9.17, 15) is 4.79 Å². The predicted molar refractivity (Wildman–Crippen MR) is 80.1 cm³/mol. The Labute approximate surface area is 125 Å². The Bertz CT molecular complexity index is 592. The molecular formula is C18H21NO2. The van der Waals surface area contributed by atoms with Crippen molar-refractivity contribution in [3.63, 3.8) is 0 Å². The minimum absolute atomic E-state index is 0.302. The number of allylic oxidation sites excluding steroid dienone is 2. The lowest BCUT2D eigenvalue weighted by molar-refractivity contribution is 0.0304. The van der Waals surface area contributed by atoms with E-state index in [1.807, 2.05) is 18.2 Å². The van der Waals surface area contributed by atoms with Crippen molar-refractivity contribution in [1.82, 2.24) is 5.48 Å². The van der Waals surface area contributed by atoms with Crippen LogP contribution in [0.1, 0.15) is 43.0 Å². The molecule has 2 fully saturated rings. The molecule has 4 rings (SSSR count). The Kier molecular flexibility index (Phi) is 3.02. The van der Waals surface area contributed by atoms with Crippen LogP contribution < -0.4 is 5.48 Å². The van der Waals surface area contributed by atoms with Crippen molar-refractivity contribution in [2.24, 2.45) is 23.7 Å².